The van der Waals surface area contributed by atoms with Crippen LogP contribution in [0.4, 0.5) is 0 Å². The molecule has 3 nitrogen and oxygen atoms in total. The Morgan fingerprint density at radius 1 is 1.05 bits per heavy atom. The SMILES string of the molecule is CCO[C@H](c1ccccc1)[C@@H](O)C(=O)c1ccccc1. The van der Waals surface area contributed by atoms with Gasteiger partial charge in [0.1, 0.15) is 12.2 Å². The van der Waals surface area contributed by atoms with E-state index in [2.05, 4.69) is 0 Å². The molecule has 0 aromatic heterocycles. The number of carbonyl (C=O) groups excluding carboxylic acids is 1. The molecule has 2 atom stereocenters. The number of Topliss-reactive ketones (excluding diaryl/α,β-unsaturated/α-hetero) is 1. The Morgan fingerprint density at radius 3 is 2.15 bits per heavy atom. The van der Waals surface area contributed by atoms with Gasteiger partial charge in [-0.25, -0.2) is 0 Å². The second kappa shape index (κ2) is 6.98. The molecule has 0 bridgehead atoms. The third kappa shape index (κ3) is 3.32. The van der Waals surface area contributed by atoms with E-state index in [4.69, 9.17) is 4.74 Å². The minimum atomic E-state index is -1.21. The van der Waals surface area contributed by atoms with Crippen molar-refractivity contribution in [2.45, 2.75) is 19.1 Å². The minimum Gasteiger partial charge on any atom is -0.382 e. The Morgan fingerprint density at radius 2 is 1.60 bits per heavy atom. The fraction of sp³-hybridized carbons (Fsp3) is 0.235. The molecule has 104 valence electrons. The van der Waals surface area contributed by atoms with Gasteiger partial charge in [-0.05, 0) is 12.5 Å². The first-order valence-corrected chi connectivity index (χ1v) is 6.68. The number of carbonyl (C=O) groups is 1. The summed E-state index contributed by atoms with van der Waals surface area (Å²) in [7, 11) is 0. The third-order valence-corrected chi connectivity index (χ3v) is 3.09. The Kier molecular flexibility index (Phi) is 5.04. The molecule has 2 rings (SSSR count). The van der Waals surface area contributed by atoms with Gasteiger partial charge < -0.3 is 9.84 Å². The van der Waals surface area contributed by atoms with E-state index in [1.165, 1.54) is 0 Å². The molecule has 0 saturated heterocycles. The highest BCUT2D eigenvalue weighted by Gasteiger charge is 2.28. The predicted molar refractivity (Wildman–Crippen MR) is 77.6 cm³/mol. The second-order valence-electron chi connectivity index (χ2n) is 4.46. The Hall–Kier alpha value is -1.97. The third-order valence-electron chi connectivity index (χ3n) is 3.09. The molecule has 20 heavy (non-hydrogen) atoms. The predicted octanol–water partition coefficient (Wildman–Crippen LogP) is 3.01. The molecule has 0 aliphatic carbocycles. The van der Waals surface area contributed by atoms with Crippen molar-refractivity contribution >= 4 is 5.78 Å². The van der Waals surface area contributed by atoms with Crippen LogP contribution in [-0.4, -0.2) is 23.6 Å². The summed E-state index contributed by atoms with van der Waals surface area (Å²) in [6.45, 7) is 2.27. The highest BCUT2D eigenvalue weighted by Crippen LogP contribution is 2.23. The normalized spacial score (nSPS) is 13.7. The zero-order valence-electron chi connectivity index (χ0n) is 11.4. The van der Waals surface area contributed by atoms with Crippen LogP contribution in [0.5, 0.6) is 0 Å². The summed E-state index contributed by atoms with van der Waals surface area (Å²) in [4.78, 5) is 12.3. The fourth-order valence-corrected chi connectivity index (χ4v) is 2.10. The van der Waals surface area contributed by atoms with Crippen molar-refractivity contribution < 1.29 is 14.6 Å². The van der Waals surface area contributed by atoms with Gasteiger partial charge in [-0.1, -0.05) is 60.7 Å². The van der Waals surface area contributed by atoms with Crippen molar-refractivity contribution in [3.63, 3.8) is 0 Å². The Balaban J connectivity index is 2.23. The van der Waals surface area contributed by atoms with E-state index in [0.29, 0.717) is 12.2 Å². The fourth-order valence-electron chi connectivity index (χ4n) is 2.10. The second-order valence-corrected chi connectivity index (χ2v) is 4.46. The number of rotatable bonds is 6. The summed E-state index contributed by atoms with van der Waals surface area (Å²) in [5, 5.41) is 10.3. The summed E-state index contributed by atoms with van der Waals surface area (Å²) in [5.41, 5.74) is 1.28. The highest BCUT2D eigenvalue weighted by atomic mass is 16.5. The van der Waals surface area contributed by atoms with Crippen molar-refractivity contribution in [1.29, 1.82) is 0 Å². The van der Waals surface area contributed by atoms with E-state index < -0.39 is 12.2 Å². The van der Waals surface area contributed by atoms with Crippen LogP contribution in [0.3, 0.4) is 0 Å². The van der Waals surface area contributed by atoms with Crippen LogP contribution in [0, 0.1) is 0 Å². The van der Waals surface area contributed by atoms with Crippen LogP contribution in [0.1, 0.15) is 28.9 Å². The maximum Gasteiger partial charge on any atom is 0.194 e. The van der Waals surface area contributed by atoms with Gasteiger partial charge in [-0.3, -0.25) is 4.79 Å². The lowest BCUT2D eigenvalue weighted by Crippen LogP contribution is -2.30. The summed E-state index contributed by atoms with van der Waals surface area (Å²) >= 11 is 0. The van der Waals surface area contributed by atoms with Gasteiger partial charge in [0.15, 0.2) is 5.78 Å². The van der Waals surface area contributed by atoms with Gasteiger partial charge in [0.25, 0.3) is 0 Å². The smallest absolute Gasteiger partial charge is 0.194 e. The Bertz CT molecular complexity index is 537. The van der Waals surface area contributed by atoms with Crippen molar-refractivity contribution in [2.24, 2.45) is 0 Å². The summed E-state index contributed by atoms with van der Waals surface area (Å²) in [6.07, 6.45) is -1.85. The number of ether oxygens (including phenoxy) is 1. The molecule has 1 N–H and O–H groups in total. The van der Waals surface area contributed by atoms with E-state index in [-0.39, 0.29) is 5.78 Å². The molecule has 0 fully saturated rings. The molecule has 0 spiro atoms. The average Bonchev–Trinajstić information content (AvgIpc) is 2.53. The van der Waals surface area contributed by atoms with Crippen LogP contribution in [0.15, 0.2) is 60.7 Å². The maximum absolute atomic E-state index is 12.3. The Labute approximate surface area is 118 Å². The van der Waals surface area contributed by atoms with E-state index in [0.717, 1.165) is 5.56 Å². The lowest BCUT2D eigenvalue weighted by atomic mass is 9.97. The van der Waals surface area contributed by atoms with Gasteiger partial charge in [-0.15, -0.1) is 0 Å². The standard InChI is InChI=1S/C17H18O3/c1-2-20-17(14-11-7-4-8-12-14)16(19)15(18)13-9-5-3-6-10-13/h3-12,16-17,19H,2H2,1H3/t16-,17+/m0/s1. The first-order chi connectivity index (χ1) is 9.74. The summed E-state index contributed by atoms with van der Waals surface area (Å²) in [6, 6.07) is 18.1. The highest BCUT2D eigenvalue weighted by molar-refractivity contribution is 5.99. The molecule has 0 unspecified atom stereocenters. The molecule has 0 aliphatic heterocycles. The largest absolute Gasteiger partial charge is 0.382 e. The summed E-state index contributed by atoms with van der Waals surface area (Å²) in [5.74, 6) is -0.326. The molecular formula is C17H18O3. The van der Waals surface area contributed by atoms with Crippen molar-refractivity contribution in [1.82, 2.24) is 0 Å². The molecule has 0 aliphatic rings. The first-order valence-electron chi connectivity index (χ1n) is 6.68. The number of benzene rings is 2. The number of aliphatic hydroxyl groups excluding tert-OH is 1. The molecule has 0 amide bonds. The monoisotopic (exact) mass is 270 g/mol. The zero-order chi connectivity index (χ0) is 14.4. The van der Waals surface area contributed by atoms with Gasteiger partial charge in [0.05, 0.1) is 0 Å². The topological polar surface area (TPSA) is 46.5 Å². The van der Waals surface area contributed by atoms with Crippen LogP contribution >= 0.6 is 0 Å². The van der Waals surface area contributed by atoms with Crippen LogP contribution < -0.4 is 0 Å². The lowest BCUT2D eigenvalue weighted by molar-refractivity contribution is -0.0231. The van der Waals surface area contributed by atoms with E-state index in [1.54, 1.807) is 24.3 Å². The van der Waals surface area contributed by atoms with Crippen LogP contribution in [-0.2, 0) is 4.74 Å². The molecule has 2 aromatic rings. The quantitative estimate of drug-likeness (QED) is 0.821. The zero-order valence-corrected chi connectivity index (χ0v) is 11.4. The molecular weight excluding hydrogens is 252 g/mol. The number of aliphatic hydroxyl groups is 1. The molecule has 2 aromatic carbocycles. The van der Waals surface area contributed by atoms with E-state index in [9.17, 15) is 9.90 Å². The van der Waals surface area contributed by atoms with Gasteiger partial charge >= 0.3 is 0 Å². The van der Waals surface area contributed by atoms with Crippen LogP contribution in [0.25, 0.3) is 0 Å². The van der Waals surface area contributed by atoms with Gasteiger partial charge in [-0.2, -0.15) is 0 Å². The molecule has 0 saturated carbocycles. The number of ketones is 1. The average molecular weight is 270 g/mol. The lowest BCUT2D eigenvalue weighted by Gasteiger charge is -2.22. The molecule has 0 heterocycles. The van der Waals surface area contributed by atoms with Crippen molar-refractivity contribution in [3.8, 4) is 0 Å². The van der Waals surface area contributed by atoms with Crippen molar-refractivity contribution in [3.05, 3.63) is 71.8 Å². The van der Waals surface area contributed by atoms with Crippen molar-refractivity contribution in [2.75, 3.05) is 6.61 Å². The number of hydrogen-bond donors (Lipinski definition) is 1. The number of hydrogen-bond acceptors (Lipinski definition) is 3. The first kappa shape index (κ1) is 14.4. The maximum atomic E-state index is 12.3. The van der Waals surface area contributed by atoms with Gasteiger partial charge in [0.2, 0.25) is 0 Å². The van der Waals surface area contributed by atoms with Crippen LogP contribution in [0.2, 0.25) is 0 Å². The van der Waals surface area contributed by atoms with E-state index >= 15 is 0 Å². The molecule has 3 heteroatoms. The molecule has 0 radical (unpaired) electrons. The van der Waals surface area contributed by atoms with E-state index in [1.807, 2.05) is 43.3 Å². The van der Waals surface area contributed by atoms with Gasteiger partial charge in [0, 0.05) is 12.2 Å². The summed E-state index contributed by atoms with van der Waals surface area (Å²) < 4.78 is 5.56. The minimum absolute atomic E-state index is 0.326.